The molecule has 19 heavy (non-hydrogen) atoms. The van der Waals surface area contributed by atoms with Crippen LogP contribution in [0.1, 0.15) is 24.5 Å². The van der Waals surface area contributed by atoms with Gasteiger partial charge in [0.1, 0.15) is 0 Å². The lowest BCUT2D eigenvalue weighted by Crippen LogP contribution is -2.50. The average Bonchev–Trinajstić information content (AvgIpc) is 2.43. The lowest BCUT2D eigenvalue weighted by molar-refractivity contribution is 0.0884. The molecule has 0 aromatic heterocycles. The van der Waals surface area contributed by atoms with E-state index in [1.54, 1.807) is 6.07 Å². The summed E-state index contributed by atoms with van der Waals surface area (Å²) in [7, 11) is 2.19. The van der Waals surface area contributed by atoms with Gasteiger partial charge in [0.2, 0.25) is 0 Å². The topological polar surface area (TPSA) is 30.3 Å². The van der Waals surface area contributed by atoms with E-state index in [1.807, 2.05) is 12.1 Å². The third kappa shape index (κ3) is 3.48. The molecule has 1 fully saturated rings. The molecule has 1 aromatic rings. The maximum Gasteiger partial charge on any atom is 0.0992 e. The monoisotopic (exact) mass is 277 g/mol. The number of rotatable bonds is 3. The molecule has 0 bridgehead atoms. The highest BCUT2D eigenvalue weighted by Crippen LogP contribution is 2.21. The number of hydrogen-bond acceptors (Lipinski definition) is 3. The number of nitrogens with zero attached hydrogens (tertiary/aromatic N) is 3. The fourth-order valence-corrected chi connectivity index (χ4v) is 2.82. The third-order valence-corrected chi connectivity index (χ3v) is 4.26. The van der Waals surface area contributed by atoms with Crippen molar-refractivity contribution in [2.75, 3.05) is 26.7 Å². The second-order valence-electron chi connectivity index (χ2n) is 5.20. The Morgan fingerprint density at radius 1 is 1.42 bits per heavy atom. The van der Waals surface area contributed by atoms with Crippen LogP contribution in [0.15, 0.2) is 18.2 Å². The summed E-state index contributed by atoms with van der Waals surface area (Å²) in [4.78, 5) is 4.87. The van der Waals surface area contributed by atoms with Crippen molar-refractivity contribution in [2.45, 2.75) is 25.9 Å². The molecule has 4 heteroatoms. The summed E-state index contributed by atoms with van der Waals surface area (Å²) < 4.78 is 0. The third-order valence-electron chi connectivity index (χ3n) is 3.91. The van der Waals surface area contributed by atoms with E-state index in [4.69, 9.17) is 16.9 Å². The van der Waals surface area contributed by atoms with Gasteiger partial charge in [-0.1, -0.05) is 24.6 Å². The van der Waals surface area contributed by atoms with Crippen LogP contribution in [-0.2, 0) is 6.54 Å². The van der Waals surface area contributed by atoms with Gasteiger partial charge in [-0.05, 0) is 31.2 Å². The van der Waals surface area contributed by atoms with Gasteiger partial charge in [0.05, 0.1) is 11.6 Å². The largest absolute Gasteiger partial charge is 0.301 e. The van der Waals surface area contributed by atoms with Crippen molar-refractivity contribution in [1.82, 2.24) is 9.80 Å². The summed E-state index contributed by atoms with van der Waals surface area (Å²) in [5.41, 5.74) is 1.73. The molecule has 1 atom stereocenters. The zero-order chi connectivity index (χ0) is 13.8. The van der Waals surface area contributed by atoms with E-state index in [1.165, 1.54) is 6.42 Å². The summed E-state index contributed by atoms with van der Waals surface area (Å²) in [5, 5.41) is 9.55. The van der Waals surface area contributed by atoms with E-state index in [9.17, 15) is 0 Å². The van der Waals surface area contributed by atoms with Gasteiger partial charge in [-0.2, -0.15) is 5.26 Å². The van der Waals surface area contributed by atoms with Crippen molar-refractivity contribution in [2.24, 2.45) is 0 Å². The van der Waals surface area contributed by atoms with Gasteiger partial charge in [-0.15, -0.1) is 0 Å². The Morgan fingerprint density at radius 3 is 2.84 bits per heavy atom. The lowest BCUT2D eigenvalue weighted by atomic mass is 10.1. The Hall–Kier alpha value is -1.08. The molecule has 0 radical (unpaired) electrons. The first-order chi connectivity index (χ1) is 9.13. The summed E-state index contributed by atoms with van der Waals surface area (Å²) in [5.74, 6) is 0. The molecule has 1 aliphatic heterocycles. The molecular formula is C15H20ClN3. The Balaban J connectivity index is 2.04. The number of piperazine rings is 1. The summed E-state index contributed by atoms with van der Waals surface area (Å²) >= 11 is 6.24. The van der Waals surface area contributed by atoms with Crippen molar-refractivity contribution in [3.8, 4) is 6.07 Å². The number of halogens is 1. The quantitative estimate of drug-likeness (QED) is 0.851. The van der Waals surface area contributed by atoms with Crippen LogP contribution in [0.25, 0.3) is 0 Å². The highest BCUT2D eigenvalue weighted by atomic mass is 35.5. The zero-order valence-electron chi connectivity index (χ0n) is 11.6. The van der Waals surface area contributed by atoms with Crippen molar-refractivity contribution in [3.63, 3.8) is 0 Å². The summed E-state index contributed by atoms with van der Waals surface area (Å²) in [6.07, 6.45) is 1.17. The molecule has 1 heterocycles. The van der Waals surface area contributed by atoms with Gasteiger partial charge in [0.25, 0.3) is 0 Å². The minimum Gasteiger partial charge on any atom is -0.301 e. The first-order valence-corrected chi connectivity index (χ1v) is 7.13. The summed E-state index contributed by atoms with van der Waals surface area (Å²) in [6.45, 7) is 6.37. The van der Waals surface area contributed by atoms with Gasteiger partial charge >= 0.3 is 0 Å². The molecule has 1 aliphatic rings. The number of hydrogen-bond donors (Lipinski definition) is 0. The maximum atomic E-state index is 8.85. The molecule has 0 N–H and O–H groups in total. The standard InChI is InChI=1S/C15H20ClN3/c1-3-14-11-19(7-6-18(14)2)10-13-5-4-12(9-17)8-15(13)16/h4-5,8,14H,3,6-7,10-11H2,1-2H3. The molecule has 1 unspecified atom stereocenters. The van der Waals surface area contributed by atoms with Crippen molar-refractivity contribution < 1.29 is 0 Å². The molecule has 0 aliphatic carbocycles. The first-order valence-electron chi connectivity index (χ1n) is 6.75. The molecule has 2 rings (SSSR count). The summed E-state index contributed by atoms with van der Waals surface area (Å²) in [6, 6.07) is 8.31. The number of likely N-dealkylation sites (N-methyl/N-ethyl adjacent to an activating group) is 1. The van der Waals surface area contributed by atoms with Crippen LogP contribution in [0.4, 0.5) is 0 Å². The van der Waals surface area contributed by atoms with Crippen LogP contribution in [0.5, 0.6) is 0 Å². The molecule has 1 saturated heterocycles. The smallest absolute Gasteiger partial charge is 0.0992 e. The lowest BCUT2D eigenvalue weighted by Gasteiger charge is -2.39. The minimum atomic E-state index is 0.624. The molecule has 0 saturated carbocycles. The van der Waals surface area contributed by atoms with E-state index in [2.05, 4.69) is 29.8 Å². The molecular weight excluding hydrogens is 258 g/mol. The predicted molar refractivity (Wildman–Crippen MR) is 78.2 cm³/mol. The Morgan fingerprint density at radius 2 is 2.21 bits per heavy atom. The number of benzene rings is 1. The second-order valence-corrected chi connectivity index (χ2v) is 5.60. The average molecular weight is 278 g/mol. The number of nitriles is 1. The Labute approximate surface area is 120 Å². The molecule has 1 aromatic carbocycles. The highest BCUT2D eigenvalue weighted by molar-refractivity contribution is 6.31. The van der Waals surface area contributed by atoms with Gasteiger partial charge in [0, 0.05) is 37.2 Å². The molecule has 0 spiro atoms. The normalized spacial score (nSPS) is 21.3. The van der Waals surface area contributed by atoms with Crippen LogP contribution in [0, 0.1) is 11.3 Å². The minimum absolute atomic E-state index is 0.624. The van der Waals surface area contributed by atoms with Crippen LogP contribution >= 0.6 is 11.6 Å². The molecule has 102 valence electrons. The van der Waals surface area contributed by atoms with Crippen LogP contribution in [0.2, 0.25) is 5.02 Å². The highest BCUT2D eigenvalue weighted by Gasteiger charge is 2.23. The fraction of sp³-hybridized carbons (Fsp3) is 0.533. The van der Waals surface area contributed by atoms with Crippen LogP contribution in [0.3, 0.4) is 0 Å². The Bertz CT molecular complexity index is 481. The van der Waals surface area contributed by atoms with Crippen LogP contribution < -0.4 is 0 Å². The van der Waals surface area contributed by atoms with E-state index >= 15 is 0 Å². The van der Waals surface area contributed by atoms with E-state index in [0.717, 1.165) is 31.7 Å². The molecule has 3 nitrogen and oxygen atoms in total. The SMILES string of the molecule is CCC1CN(Cc2ccc(C#N)cc2Cl)CCN1C. The first kappa shape index (κ1) is 14.3. The van der Waals surface area contributed by atoms with Gasteiger partial charge in [0.15, 0.2) is 0 Å². The van der Waals surface area contributed by atoms with E-state index < -0.39 is 0 Å². The van der Waals surface area contributed by atoms with Crippen molar-refractivity contribution >= 4 is 11.6 Å². The predicted octanol–water partition coefficient (Wildman–Crippen LogP) is 2.74. The van der Waals surface area contributed by atoms with E-state index in [0.29, 0.717) is 16.6 Å². The molecule has 0 amide bonds. The zero-order valence-corrected chi connectivity index (χ0v) is 12.3. The maximum absolute atomic E-state index is 8.85. The Kier molecular flexibility index (Phi) is 4.81. The second kappa shape index (κ2) is 6.38. The van der Waals surface area contributed by atoms with Crippen molar-refractivity contribution in [3.05, 3.63) is 34.3 Å². The van der Waals surface area contributed by atoms with Crippen molar-refractivity contribution in [1.29, 1.82) is 5.26 Å². The van der Waals surface area contributed by atoms with Gasteiger partial charge in [-0.25, -0.2) is 0 Å². The van der Waals surface area contributed by atoms with Gasteiger partial charge < -0.3 is 4.90 Å². The van der Waals surface area contributed by atoms with E-state index in [-0.39, 0.29) is 0 Å². The fourth-order valence-electron chi connectivity index (χ4n) is 2.58. The van der Waals surface area contributed by atoms with Crippen LogP contribution in [-0.4, -0.2) is 42.5 Å². The van der Waals surface area contributed by atoms with Gasteiger partial charge in [-0.3, -0.25) is 4.90 Å².